The molecule has 5 nitrogen and oxygen atoms in total. The van der Waals surface area contributed by atoms with Crippen LogP contribution in [0.25, 0.3) is 0 Å². The number of methoxy groups -OCH3 is 1. The van der Waals surface area contributed by atoms with Gasteiger partial charge in [-0.3, -0.25) is 10.1 Å². The summed E-state index contributed by atoms with van der Waals surface area (Å²) in [4.78, 5) is 10.5. The summed E-state index contributed by atoms with van der Waals surface area (Å²) in [7, 11) is 1.44. The third kappa shape index (κ3) is 4.87. The molecule has 0 aromatic heterocycles. The van der Waals surface area contributed by atoms with Crippen molar-refractivity contribution < 1.29 is 9.66 Å². The Morgan fingerprint density at radius 2 is 2.21 bits per heavy atom. The molecule has 1 aromatic rings. The third-order valence-corrected chi connectivity index (χ3v) is 3.05. The fourth-order valence-electron chi connectivity index (χ4n) is 1.91. The van der Waals surface area contributed by atoms with E-state index in [1.807, 2.05) is 6.07 Å². The molecule has 0 heterocycles. The Hall–Kier alpha value is -1.62. The standard InChI is InChI=1S/C14H22N2O3/c1-4-9-15-11(2)5-6-12-7-8-14(19-3)13(10-12)16(17)18/h7-8,10-11,15H,4-6,9H2,1-3H3. The number of hydrogen-bond donors (Lipinski definition) is 1. The highest BCUT2D eigenvalue weighted by molar-refractivity contribution is 5.48. The maximum atomic E-state index is 10.9. The van der Waals surface area contributed by atoms with Gasteiger partial charge < -0.3 is 10.1 Å². The first-order chi connectivity index (χ1) is 9.08. The molecule has 0 spiro atoms. The average Bonchev–Trinajstić information content (AvgIpc) is 2.42. The van der Waals surface area contributed by atoms with Crippen LogP contribution < -0.4 is 10.1 Å². The fraction of sp³-hybridized carbons (Fsp3) is 0.571. The number of ether oxygens (including phenoxy) is 1. The zero-order valence-electron chi connectivity index (χ0n) is 11.8. The minimum Gasteiger partial charge on any atom is -0.490 e. The minimum atomic E-state index is -0.402. The van der Waals surface area contributed by atoms with Crippen LogP contribution in [-0.2, 0) is 6.42 Å². The maximum Gasteiger partial charge on any atom is 0.311 e. The molecule has 0 bridgehead atoms. The Balaban J connectivity index is 2.64. The number of nitro groups is 1. The van der Waals surface area contributed by atoms with E-state index in [1.54, 1.807) is 12.1 Å². The van der Waals surface area contributed by atoms with Crippen molar-refractivity contribution in [2.75, 3.05) is 13.7 Å². The summed E-state index contributed by atoms with van der Waals surface area (Å²) >= 11 is 0. The zero-order valence-corrected chi connectivity index (χ0v) is 11.8. The van der Waals surface area contributed by atoms with Gasteiger partial charge in [0.2, 0.25) is 0 Å². The molecule has 0 radical (unpaired) electrons. The smallest absolute Gasteiger partial charge is 0.311 e. The molecule has 1 unspecified atom stereocenters. The molecule has 1 N–H and O–H groups in total. The fourth-order valence-corrected chi connectivity index (χ4v) is 1.91. The van der Waals surface area contributed by atoms with E-state index in [0.29, 0.717) is 11.8 Å². The quantitative estimate of drug-likeness (QED) is 0.580. The summed E-state index contributed by atoms with van der Waals surface area (Å²) in [6.45, 7) is 5.27. The first kappa shape index (κ1) is 15.4. The molecule has 19 heavy (non-hydrogen) atoms. The van der Waals surface area contributed by atoms with Crippen LogP contribution in [0.5, 0.6) is 5.75 Å². The van der Waals surface area contributed by atoms with Crippen LogP contribution in [0.4, 0.5) is 5.69 Å². The molecule has 0 aliphatic carbocycles. The molecule has 0 saturated carbocycles. The van der Waals surface area contributed by atoms with Crippen LogP contribution in [0, 0.1) is 10.1 Å². The summed E-state index contributed by atoms with van der Waals surface area (Å²) < 4.78 is 4.99. The van der Waals surface area contributed by atoms with Gasteiger partial charge in [-0.2, -0.15) is 0 Å². The first-order valence-electron chi connectivity index (χ1n) is 6.63. The number of nitrogens with one attached hydrogen (secondary N) is 1. The Morgan fingerprint density at radius 3 is 2.79 bits per heavy atom. The third-order valence-electron chi connectivity index (χ3n) is 3.05. The van der Waals surface area contributed by atoms with Gasteiger partial charge in [0.25, 0.3) is 0 Å². The maximum absolute atomic E-state index is 10.9. The van der Waals surface area contributed by atoms with Gasteiger partial charge in [-0.25, -0.2) is 0 Å². The van der Waals surface area contributed by atoms with Crippen molar-refractivity contribution in [3.63, 3.8) is 0 Å². The normalized spacial score (nSPS) is 12.2. The number of nitro benzene ring substituents is 1. The molecule has 0 aliphatic rings. The van der Waals surface area contributed by atoms with Gasteiger partial charge in [-0.05, 0) is 44.4 Å². The van der Waals surface area contributed by atoms with E-state index in [0.717, 1.165) is 31.4 Å². The lowest BCUT2D eigenvalue weighted by atomic mass is 10.1. The van der Waals surface area contributed by atoms with E-state index in [2.05, 4.69) is 19.2 Å². The molecule has 0 amide bonds. The van der Waals surface area contributed by atoms with Crippen molar-refractivity contribution in [3.8, 4) is 5.75 Å². The topological polar surface area (TPSA) is 64.4 Å². The van der Waals surface area contributed by atoms with Crippen LogP contribution in [0.2, 0.25) is 0 Å². The molecule has 0 saturated heterocycles. The minimum absolute atomic E-state index is 0.0363. The lowest BCUT2D eigenvalue weighted by Crippen LogP contribution is -2.27. The van der Waals surface area contributed by atoms with E-state index in [9.17, 15) is 10.1 Å². The predicted octanol–water partition coefficient (Wildman–Crippen LogP) is 2.92. The second-order valence-corrected chi connectivity index (χ2v) is 4.66. The predicted molar refractivity (Wildman–Crippen MR) is 75.7 cm³/mol. The summed E-state index contributed by atoms with van der Waals surface area (Å²) in [6, 6.07) is 5.57. The highest BCUT2D eigenvalue weighted by atomic mass is 16.6. The number of aryl methyl sites for hydroxylation is 1. The van der Waals surface area contributed by atoms with Crippen molar-refractivity contribution in [3.05, 3.63) is 33.9 Å². The largest absolute Gasteiger partial charge is 0.490 e. The van der Waals surface area contributed by atoms with Crippen LogP contribution in [0.1, 0.15) is 32.3 Å². The van der Waals surface area contributed by atoms with E-state index < -0.39 is 4.92 Å². The molecule has 1 aromatic carbocycles. The van der Waals surface area contributed by atoms with E-state index in [1.165, 1.54) is 7.11 Å². The second-order valence-electron chi connectivity index (χ2n) is 4.66. The molecule has 1 atom stereocenters. The Labute approximate surface area is 114 Å². The number of benzene rings is 1. The van der Waals surface area contributed by atoms with Crippen molar-refractivity contribution in [2.45, 2.75) is 39.2 Å². The van der Waals surface area contributed by atoms with Gasteiger partial charge in [0.1, 0.15) is 0 Å². The van der Waals surface area contributed by atoms with Gasteiger partial charge in [-0.1, -0.05) is 13.0 Å². The van der Waals surface area contributed by atoms with E-state index in [-0.39, 0.29) is 5.69 Å². The summed E-state index contributed by atoms with van der Waals surface area (Å²) in [6.07, 6.45) is 2.89. The first-order valence-corrected chi connectivity index (χ1v) is 6.63. The van der Waals surface area contributed by atoms with Gasteiger partial charge >= 0.3 is 5.69 Å². The molecule has 0 aliphatic heterocycles. The molecular formula is C14H22N2O3. The van der Waals surface area contributed by atoms with Crippen molar-refractivity contribution in [2.24, 2.45) is 0 Å². The Morgan fingerprint density at radius 1 is 1.47 bits per heavy atom. The van der Waals surface area contributed by atoms with Gasteiger partial charge in [0, 0.05) is 12.1 Å². The Kier molecular flexibility index (Phi) is 6.29. The van der Waals surface area contributed by atoms with E-state index in [4.69, 9.17) is 4.74 Å². The molecule has 5 heteroatoms. The summed E-state index contributed by atoms with van der Waals surface area (Å²) in [5.41, 5.74) is 1.01. The van der Waals surface area contributed by atoms with Crippen LogP contribution in [0.3, 0.4) is 0 Å². The molecular weight excluding hydrogens is 244 g/mol. The van der Waals surface area contributed by atoms with Gasteiger partial charge in [0.15, 0.2) is 5.75 Å². The SMILES string of the molecule is CCCNC(C)CCc1ccc(OC)c([N+](=O)[O-])c1. The molecule has 106 valence electrons. The van der Waals surface area contributed by atoms with Crippen molar-refractivity contribution >= 4 is 5.69 Å². The number of hydrogen-bond acceptors (Lipinski definition) is 4. The number of rotatable bonds is 8. The van der Waals surface area contributed by atoms with E-state index >= 15 is 0 Å². The lowest BCUT2D eigenvalue weighted by molar-refractivity contribution is -0.385. The molecule has 0 fully saturated rings. The highest BCUT2D eigenvalue weighted by Gasteiger charge is 2.15. The second kappa shape index (κ2) is 7.74. The molecule has 1 rings (SSSR count). The highest BCUT2D eigenvalue weighted by Crippen LogP contribution is 2.28. The summed E-state index contributed by atoms with van der Waals surface area (Å²) in [5.74, 6) is 0.311. The van der Waals surface area contributed by atoms with Crippen molar-refractivity contribution in [1.82, 2.24) is 5.32 Å². The average molecular weight is 266 g/mol. The monoisotopic (exact) mass is 266 g/mol. The van der Waals surface area contributed by atoms with Crippen LogP contribution >= 0.6 is 0 Å². The Bertz CT molecular complexity index is 421. The van der Waals surface area contributed by atoms with Crippen molar-refractivity contribution in [1.29, 1.82) is 0 Å². The van der Waals surface area contributed by atoms with Crippen LogP contribution in [0.15, 0.2) is 18.2 Å². The zero-order chi connectivity index (χ0) is 14.3. The van der Waals surface area contributed by atoms with Crippen LogP contribution in [-0.4, -0.2) is 24.6 Å². The lowest BCUT2D eigenvalue weighted by Gasteiger charge is -2.13. The van der Waals surface area contributed by atoms with Gasteiger partial charge in [-0.15, -0.1) is 0 Å². The number of nitrogens with zero attached hydrogens (tertiary/aromatic N) is 1. The van der Waals surface area contributed by atoms with Gasteiger partial charge in [0.05, 0.1) is 12.0 Å². The summed E-state index contributed by atoms with van der Waals surface area (Å²) in [5, 5.41) is 14.3.